The number of benzene rings is 2. The Labute approximate surface area is 140 Å². The zero-order valence-electron chi connectivity index (χ0n) is 13.5. The van der Waals surface area contributed by atoms with Crippen molar-refractivity contribution in [3.8, 4) is 11.1 Å². The van der Waals surface area contributed by atoms with E-state index in [1.54, 1.807) is 6.92 Å². The van der Waals surface area contributed by atoms with Gasteiger partial charge in [-0.05, 0) is 49.1 Å². The molecule has 0 aliphatic carbocycles. The molecule has 2 aromatic rings. The van der Waals surface area contributed by atoms with Gasteiger partial charge in [0.2, 0.25) is 0 Å². The zero-order chi connectivity index (χ0) is 19.2. The summed E-state index contributed by atoms with van der Waals surface area (Å²) in [6, 6.07) is 9.00. The molecule has 7 heteroatoms. The van der Waals surface area contributed by atoms with Crippen molar-refractivity contribution >= 4 is 0 Å². The fraction of sp³-hybridized carbons (Fsp3) is 0.333. The Hall–Kier alpha value is -2.05. The number of hydrogen-bond acceptors (Lipinski definition) is 0. The van der Waals surface area contributed by atoms with E-state index in [-0.39, 0.29) is 16.7 Å². The van der Waals surface area contributed by atoms with E-state index in [1.807, 2.05) is 0 Å². The molecular weight excluding hydrogens is 349 g/mol. The summed E-state index contributed by atoms with van der Waals surface area (Å²) in [5, 5.41) is 0. The van der Waals surface area contributed by atoms with Crippen LogP contribution in [0.25, 0.3) is 11.1 Å². The highest BCUT2D eigenvalue weighted by atomic mass is 19.4. The summed E-state index contributed by atoms with van der Waals surface area (Å²) in [6.07, 6.45) is -12.3. The molecule has 0 aliphatic heterocycles. The molecule has 0 bridgehead atoms. The van der Waals surface area contributed by atoms with Gasteiger partial charge in [-0.2, -0.15) is 26.3 Å². The Balaban J connectivity index is 2.91. The second-order valence-corrected chi connectivity index (χ2v) is 5.89. The van der Waals surface area contributed by atoms with Gasteiger partial charge in [0.15, 0.2) is 0 Å². The van der Waals surface area contributed by atoms with Crippen molar-refractivity contribution in [3.05, 3.63) is 58.7 Å². The molecule has 0 unspecified atom stereocenters. The van der Waals surface area contributed by atoms with Gasteiger partial charge in [-0.3, -0.25) is 0 Å². The second-order valence-electron chi connectivity index (χ2n) is 5.89. The molecule has 0 amide bonds. The van der Waals surface area contributed by atoms with Crippen LogP contribution in [0.15, 0.2) is 30.3 Å². The topological polar surface area (TPSA) is 0 Å². The van der Waals surface area contributed by atoms with E-state index < -0.39 is 29.1 Å². The predicted octanol–water partition coefficient (Wildman–Crippen LogP) is 6.37. The van der Waals surface area contributed by atoms with Gasteiger partial charge < -0.3 is 0 Å². The maximum absolute atomic E-state index is 14.7. The zero-order valence-corrected chi connectivity index (χ0v) is 13.5. The molecule has 135 valence electrons. The maximum Gasteiger partial charge on any atom is 0.435 e. The van der Waals surface area contributed by atoms with Crippen molar-refractivity contribution in [2.24, 2.45) is 0 Å². The van der Waals surface area contributed by atoms with Crippen molar-refractivity contribution in [3.63, 3.8) is 0 Å². The van der Waals surface area contributed by atoms with Crippen molar-refractivity contribution in [1.29, 1.82) is 0 Å². The van der Waals surface area contributed by atoms with E-state index in [1.165, 1.54) is 38.1 Å². The van der Waals surface area contributed by atoms with E-state index in [9.17, 15) is 30.7 Å². The highest BCUT2D eigenvalue weighted by Gasteiger charge is 2.74. The summed E-state index contributed by atoms with van der Waals surface area (Å²) in [6.45, 7) is 4.28. The molecule has 0 aromatic heterocycles. The highest BCUT2D eigenvalue weighted by Crippen LogP contribution is 2.55. The molecule has 0 nitrogen and oxygen atoms in total. The molecule has 1 radical (unpaired) electrons. The molecule has 0 saturated heterocycles. The molecule has 2 rings (SSSR count). The minimum Gasteiger partial charge on any atom is -0.218 e. The lowest BCUT2D eigenvalue weighted by Gasteiger charge is -2.32. The third-order valence-electron chi connectivity index (χ3n) is 3.88. The van der Waals surface area contributed by atoms with Crippen molar-refractivity contribution in [1.82, 2.24) is 0 Å². The summed E-state index contributed by atoms with van der Waals surface area (Å²) in [5.74, 6) is 0. The number of hydrogen-bond donors (Lipinski definition) is 0. The van der Waals surface area contributed by atoms with Crippen LogP contribution in [0, 0.1) is 26.8 Å². The first-order valence-corrected chi connectivity index (χ1v) is 7.22. The van der Waals surface area contributed by atoms with Gasteiger partial charge in [0, 0.05) is 5.56 Å². The second kappa shape index (κ2) is 6.04. The average Bonchev–Trinajstić information content (AvgIpc) is 2.44. The van der Waals surface area contributed by atoms with Crippen LogP contribution >= 0.6 is 0 Å². The van der Waals surface area contributed by atoms with Crippen LogP contribution in [0.3, 0.4) is 0 Å². The first kappa shape index (κ1) is 19.3. The van der Waals surface area contributed by atoms with Gasteiger partial charge in [0.05, 0.1) is 0 Å². The van der Waals surface area contributed by atoms with Crippen molar-refractivity contribution in [2.75, 3.05) is 0 Å². The lowest BCUT2D eigenvalue weighted by atomic mass is 9.83. The molecule has 0 atom stereocenters. The molecule has 0 aliphatic rings. The van der Waals surface area contributed by atoms with E-state index in [2.05, 4.69) is 6.07 Å². The largest absolute Gasteiger partial charge is 0.435 e. The van der Waals surface area contributed by atoms with Gasteiger partial charge >= 0.3 is 18.0 Å². The number of aryl methyl sites for hydroxylation is 3. The van der Waals surface area contributed by atoms with Gasteiger partial charge in [0.1, 0.15) is 0 Å². The van der Waals surface area contributed by atoms with Gasteiger partial charge in [-0.15, -0.1) is 0 Å². The van der Waals surface area contributed by atoms with Crippen LogP contribution in [0.5, 0.6) is 0 Å². The molecule has 0 fully saturated rings. The third kappa shape index (κ3) is 3.24. The minimum absolute atomic E-state index is 0.00868. The maximum atomic E-state index is 14.7. The van der Waals surface area contributed by atoms with Crippen LogP contribution < -0.4 is 0 Å². The molecule has 0 N–H and O–H groups in total. The summed E-state index contributed by atoms with van der Waals surface area (Å²) in [5.41, 5.74) is -6.59. The Morgan fingerprint density at radius 2 is 1.24 bits per heavy atom. The third-order valence-corrected chi connectivity index (χ3v) is 3.88. The van der Waals surface area contributed by atoms with Crippen LogP contribution in [0.1, 0.15) is 22.3 Å². The normalized spacial score (nSPS) is 13.2. The number of alkyl halides is 7. The Morgan fingerprint density at radius 1 is 0.760 bits per heavy atom. The number of rotatable bonds is 2. The SMILES string of the molecule is Cc1[c]c(C)c(-c2ccc(C)cc2)c(C(F)(C(F)(F)F)C(F)(F)F)c1. The lowest BCUT2D eigenvalue weighted by Crippen LogP contribution is -2.50. The van der Waals surface area contributed by atoms with Gasteiger partial charge in [-0.25, -0.2) is 4.39 Å². The van der Waals surface area contributed by atoms with E-state index in [0.717, 1.165) is 5.56 Å². The Bertz CT molecular complexity index is 754. The van der Waals surface area contributed by atoms with Gasteiger partial charge in [0.25, 0.3) is 0 Å². The summed E-state index contributed by atoms with van der Waals surface area (Å²) < 4.78 is 93.9. The molecule has 0 spiro atoms. The van der Waals surface area contributed by atoms with Crippen molar-refractivity contribution < 1.29 is 30.7 Å². The smallest absolute Gasteiger partial charge is 0.218 e. The summed E-state index contributed by atoms with van der Waals surface area (Å²) >= 11 is 0. The van der Waals surface area contributed by atoms with E-state index in [0.29, 0.717) is 6.07 Å². The molecule has 25 heavy (non-hydrogen) atoms. The van der Waals surface area contributed by atoms with Crippen molar-refractivity contribution in [2.45, 2.75) is 38.8 Å². The summed E-state index contributed by atoms with van der Waals surface area (Å²) in [7, 11) is 0. The molecule has 0 saturated carbocycles. The quantitative estimate of drug-likeness (QED) is 0.544. The fourth-order valence-corrected chi connectivity index (χ4v) is 2.72. The molecule has 2 aromatic carbocycles. The Morgan fingerprint density at radius 3 is 1.68 bits per heavy atom. The monoisotopic (exact) mass is 363 g/mol. The standard InChI is InChI=1S/C18H14F7/c1-10-4-6-13(7-5-10)15-12(3)8-11(2)9-14(15)16(19,17(20,21)22)18(23,24)25/h4-7,9H,1-3H3. The highest BCUT2D eigenvalue weighted by molar-refractivity contribution is 5.73. The number of halogens is 7. The van der Waals surface area contributed by atoms with Crippen LogP contribution in [-0.2, 0) is 5.67 Å². The average molecular weight is 363 g/mol. The minimum atomic E-state index is -6.16. The predicted molar refractivity (Wildman–Crippen MR) is 79.8 cm³/mol. The van der Waals surface area contributed by atoms with Crippen LogP contribution in [0.2, 0.25) is 0 Å². The summed E-state index contributed by atoms with van der Waals surface area (Å²) in [4.78, 5) is 0. The van der Waals surface area contributed by atoms with E-state index >= 15 is 0 Å². The van der Waals surface area contributed by atoms with E-state index in [4.69, 9.17) is 0 Å². The Kier molecular flexibility index (Phi) is 4.65. The van der Waals surface area contributed by atoms with Crippen LogP contribution in [0.4, 0.5) is 30.7 Å². The lowest BCUT2D eigenvalue weighted by molar-refractivity contribution is -0.348. The molecule has 0 heterocycles. The van der Waals surface area contributed by atoms with Gasteiger partial charge in [-0.1, -0.05) is 35.9 Å². The fourth-order valence-electron chi connectivity index (χ4n) is 2.72. The first-order chi connectivity index (χ1) is 11.3. The first-order valence-electron chi connectivity index (χ1n) is 7.22. The molecular formula is C18H14F7. The van der Waals surface area contributed by atoms with Crippen LogP contribution in [-0.4, -0.2) is 12.4 Å².